The second-order valence-corrected chi connectivity index (χ2v) is 12.2. The molecule has 0 aromatic rings. The lowest BCUT2D eigenvalue weighted by Gasteiger charge is -2.36. The van der Waals surface area contributed by atoms with Crippen LogP contribution in [-0.2, 0) is 28.7 Å². The largest absolute Gasteiger partial charge is 0.459 e. The SMILES string of the molecule is CC(NC(=O)C1CCCN1C(=O)C(NC(=O)NC1(C(=O)OCC2=CCCC=C2)CCCC1)C1CCCCC1)C(=O)C(N)=O. The van der Waals surface area contributed by atoms with Crippen LogP contribution in [0, 0.1) is 5.92 Å². The molecule has 3 fully saturated rings. The molecule has 236 valence electrons. The number of allylic oxidation sites excluding steroid dienone is 2. The molecule has 4 aliphatic rings. The number of rotatable bonds is 11. The quantitative estimate of drug-likeness (QED) is 0.207. The Morgan fingerprint density at radius 3 is 2.35 bits per heavy atom. The van der Waals surface area contributed by atoms with Crippen LogP contribution in [0.1, 0.15) is 90.4 Å². The topological polar surface area (TPSA) is 177 Å². The van der Waals surface area contributed by atoms with Crippen molar-refractivity contribution in [1.29, 1.82) is 0 Å². The number of nitrogens with two attached hydrogens (primary N) is 1. The normalized spacial score (nSPS) is 23.0. The summed E-state index contributed by atoms with van der Waals surface area (Å²) < 4.78 is 5.65. The molecular weight excluding hydrogens is 554 g/mol. The van der Waals surface area contributed by atoms with E-state index in [2.05, 4.69) is 16.0 Å². The molecule has 3 unspecified atom stereocenters. The number of ketones is 1. The molecule has 3 aliphatic carbocycles. The van der Waals surface area contributed by atoms with Gasteiger partial charge in [-0.2, -0.15) is 0 Å². The number of esters is 1. The molecule has 43 heavy (non-hydrogen) atoms. The summed E-state index contributed by atoms with van der Waals surface area (Å²) in [7, 11) is 0. The fourth-order valence-corrected chi connectivity index (χ4v) is 6.73. The van der Waals surface area contributed by atoms with Gasteiger partial charge in [-0.25, -0.2) is 9.59 Å². The number of urea groups is 1. The minimum atomic E-state index is -1.16. The van der Waals surface area contributed by atoms with Gasteiger partial charge in [0.15, 0.2) is 0 Å². The second kappa shape index (κ2) is 14.7. The summed E-state index contributed by atoms with van der Waals surface area (Å²) in [6.45, 7) is 1.84. The van der Waals surface area contributed by atoms with E-state index in [1.165, 1.54) is 11.8 Å². The molecule has 1 heterocycles. The Morgan fingerprint density at radius 1 is 0.977 bits per heavy atom. The van der Waals surface area contributed by atoms with E-state index in [9.17, 15) is 28.8 Å². The smallest absolute Gasteiger partial charge is 0.332 e. The van der Waals surface area contributed by atoms with Gasteiger partial charge in [-0.3, -0.25) is 19.2 Å². The molecule has 2 saturated carbocycles. The van der Waals surface area contributed by atoms with Gasteiger partial charge in [0.2, 0.25) is 17.6 Å². The third-order valence-electron chi connectivity index (χ3n) is 9.15. The van der Waals surface area contributed by atoms with E-state index in [0.29, 0.717) is 32.2 Å². The van der Waals surface area contributed by atoms with Gasteiger partial charge < -0.3 is 31.3 Å². The first-order valence-corrected chi connectivity index (χ1v) is 15.7. The van der Waals surface area contributed by atoms with Gasteiger partial charge in [0, 0.05) is 6.54 Å². The van der Waals surface area contributed by atoms with Crippen LogP contribution in [-0.4, -0.2) is 77.2 Å². The lowest BCUT2D eigenvalue weighted by Crippen LogP contribution is -2.62. The maximum absolute atomic E-state index is 14.0. The first-order chi connectivity index (χ1) is 20.6. The van der Waals surface area contributed by atoms with Crippen LogP contribution < -0.4 is 21.7 Å². The summed E-state index contributed by atoms with van der Waals surface area (Å²) in [6, 6.07) is -3.45. The number of nitrogens with zero attached hydrogens (tertiary/aromatic N) is 1. The van der Waals surface area contributed by atoms with Crippen molar-refractivity contribution >= 4 is 35.5 Å². The van der Waals surface area contributed by atoms with Crippen LogP contribution in [0.25, 0.3) is 0 Å². The van der Waals surface area contributed by atoms with Crippen molar-refractivity contribution in [2.24, 2.45) is 11.7 Å². The van der Waals surface area contributed by atoms with Crippen LogP contribution in [0.15, 0.2) is 23.8 Å². The highest BCUT2D eigenvalue weighted by Gasteiger charge is 2.46. The summed E-state index contributed by atoms with van der Waals surface area (Å²) in [5.74, 6) is -3.58. The van der Waals surface area contributed by atoms with Gasteiger partial charge in [-0.1, -0.05) is 50.3 Å². The van der Waals surface area contributed by atoms with Crippen molar-refractivity contribution in [1.82, 2.24) is 20.9 Å². The van der Waals surface area contributed by atoms with E-state index in [1.54, 1.807) is 0 Å². The fraction of sp³-hybridized carbons (Fsp3) is 0.677. The van der Waals surface area contributed by atoms with Crippen molar-refractivity contribution in [2.45, 2.75) is 114 Å². The van der Waals surface area contributed by atoms with E-state index < -0.39 is 53.3 Å². The van der Waals surface area contributed by atoms with Gasteiger partial charge in [0.1, 0.15) is 24.2 Å². The molecule has 1 aliphatic heterocycles. The Bertz CT molecular complexity index is 1150. The van der Waals surface area contributed by atoms with Crippen molar-refractivity contribution < 1.29 is 33.5 Å². The molecule has 4 rings (SSSR count). The van der Waals surface area contributed by atoms with Crippen LogP contribution >= 0.6 is 0 Å². The molecule has 5 amide bonds. The van der Waals surface area contributed by atoms with Gasteiger partial charge >= 0.3 is 12.0 Å². The monoisotopic (exact) mass is 599 g/mol. The first-order valence-electron chi connectivity index (χ1n) is 15.7. The lowest BCUT2D eigenvalue weighted by atomic mass is 9.83. The van der Waals surface area contributed by atoms with E-state index in [1.807, 2.05) is 18.2 Å². The maximum atomic E-state index is 14.0. The van der Waals surface area contributed by atoms with Gasteiger partial charge in [-0.15, -0.1) is 0 Å². The van der Waals surface area contributed by atoms with Gasteiger partial charge in [0.25, 0.3) is 5.91 Å². The van der Waals surface area contributed by atoms with E-state index in [4.69, 9.17) is 10.5 Å². The zero-order chi connectivity index (χ0) is 31.0. The lowest BCUT2D eigenvalue weighted by molar-refractivity contribution is -0.150. The van der Waals surface area contributed by atoms with Crippen LogP contribution in [0.2, 0.25) is 0 Å². The molecule has 0 bridgehead atoms. The fourth-order valence-electron chi connectivity index (χ4n) is 6.73. The number of primary amides is 1. The minimum absolute atomic E-state index is 0.122. The third kappa shape index (κ3) is 8.03. The van der Waals surface area contributed by atoms with Crippen LogP contribution in [0.4, 0.5) is 4.79 Å². The average Bonchev–Trinajstić information content (AvgIpc) is 3.70. The minimum Gasteiger partial charge on any atom is -0.459 e. The van der Waals surface area contributed by atoms with Crippen LogP contribution in [0.5, 0.6) is 0 Å². The molecular formula is C31H45N5O7. The highest BCUT2D eigenvalue weighted by atomic mass is 16.5. The number of carbonyl (C=O) groups excluding carboxylic acids is 6. The summed E-state index contributed by atoms with van der Waals surface area (Å²) >= 11 is 0. The summed E-state index contributed by atoms with van der Waals surface area (Å²) in [5.41, 5.74) is 4.83. The number of amides is 5. The number of likely N-dealkylation sites (tertiary alicyclic amines) is 1. The number of carbonyl (C=O) groups is 6. The van der Waals surface area contributed by atoms with Crippen molar-refractivity contribution in [3.8, 4) is 0 Å². The number of hydrogen-bond donors (Lipinski definition) is 4. The maximum Gasteiger partial charge on any atom is 0.332 e. The molecule has 0 aromatic carbocycles. The summed E-state index contributed by atoms with van der Waals surface area (Å²) in [6.07, 6.45) is 15.7. The second-order valence-electron chi connectivity index (χ2n) is 12.2. The standard InChI is InChI=1S/C31H45N5O7/c1-20(25(37)26(32)38)33-27(39)23-15-10-18-36(23)28(40)24(22-13-6-3-7-14-22)34-30(42)35-31(16-8-9-17-31)29(41)43-19-21-11-4-2-5-12-21/h4,11-12,20,22-24H,2-3,5-10,13-19H2,1H3,(H2,32,38)(H,33,39)(H2,34,35,42). The predicted octanol–water partition coefficient (Wildman–Crippen LogP) is 1.92. The zero-order valence-electron chi connectivity index (χ0n) is 25.0. The van der Waals surface area contributed by atoms with E-state index in [-0.39, 0.29) is 18.4 Å². The Hall–Kier alpha value is -3.70. The van der Waals surface area contributed by atoms with Crippen molar-refractivity contribution in [2.75, 3.05) is 13.2 Å². The number of hydrogen-bond acceptors (Lipinski definition) is 7. The highest BCUT2D eigenvalue weighted by molar-refractivity contribution is 6.37. The molecule has 0 spiro atoms. The van der Waals surface area contributed by atoms with Crippen LogP contribution in [0.3, 0.4) is 0 Å². The van der Waals surface area contributed by atoms with Gasteiger partial charge in [0.05, 0.1) is 6.04 Å². The first kappa shape index (κ1) is 32.2. The van der Waals surface area contributed by atoms with Crippen molar-refractivity contribution in [3.63, 3.8) is 0 Å². The third-order valence-corrected chi connectivity index (χ3v) is 9.15. The Labute approximate surface area is 252 Å². The summed E-state index contributed by atoms with van der Waals surface area (Å²) in [5, 5.41) is 8.28. The molecule has 0 radical (unpaired) electrons. The Morgan fingerprint density at radius 2 is 1.70 bits per heavy atom. The summed E-state index contributed by atoms with van der Waals surface area (Å²) in [4.78, 5) is 78.5. The van der Waals surface area contributed by atoms with E-state index in [0.717, 1.165) is 63.4 Å². The molecule has 12 nitrogen and oxygen atoms in total. The number of nitrogens with one attached hydrogen (secondary N) is 3. The Kier molecular flexibility index (Phi) is 11.0. The molecule has 3 atom stereocenters. The molecule has 12 heteroatoms. The molecule has 0 aromatic heterocycles. The van der Waals surface area contributed by atoms with Gasteiger partial charge in [-0.05, 0) is 69.8 Å². The Balaban J connectivity index is 1.45. The van der Waals surface area contributed by atoms with E-state index >= 15 is 0 Å². The predicted molar refractivity (Wildman–Crippen MR) is 157 cm³/mol. The molecule has 5 N–H and O–H groups in total. The molecule has 1 saturated heterocycles. The number of Topliss-reactive ketones (excluding diaryl/α,β-unsaturated/α-hetero) is 1. The zero-order valence-corrected chi connectivity index (χ0v) is 25.0. The van der Waals surface area contributed by atoms with Crippen molar-refractivity contribution in [3.05, 3.63) is 23.8 Å². The highest BCUT2D eigenvalue weighted by Crippen LogP contribution is 2.32. The number of ether oxygens (including phenoxy) is 1. The average molecular weight is 600 g/mol.